The van der Waals surface area contributed by atoms with Crippen molar-refractivity contribution in [2.45, 2.75) is 16.6 Å². The van der Waals surface area contributed by atoms with Crippen LogP contribution < -0.4 is 45.7 Å². The number of aliphatic carboxylic acids is 1. The van der Waals surface area contributed by atoms with Gasteiger partial charge in [0, 0.05) is 27.7 Å². The number of thioether (sulfide) groups is 2. The van der Waals surface area contributed by atoms with E-state index in [1.165, 1.54) is 36.0 Å². The largest absolute Gasteiger partial charge is 1.00 e. The summed E-state index contributed by atoms with van der Waals surface area (Å²) in [5.74, 6) is -2.25. The number of nitrogens with zero attached hydrogens (tertiary/aromatic N) is 7. The van der Waals surface area contributed by atoms with Crippen molar-refractivity contribution in [2.24, 2.45) is 5.16 Å². The molecule has 2 atom stereocenters. The monoisotopic (exact) mass is 619 g/mol. The maximum Gasteiger partial charge on any atom is 1.00 e. The summed E-state index contributed by atoms with van der Waals surface area (Å²) in [6.07, 6.45) is 1.71. The number of carbonyl (C=O) groups excluding carboxylic acids is 3. The van der Waals surface area contributed by atoms with Gasteiger partial charge in [-0.15, -0.1) is 33.3 Å². The molecule has 0 unspecified atom stereocenters. The van der Waals surface area contributed by atoms with Crippen molar-refractivity contribution in [2.75, 3.05) is 24.3 Å². The number of oxime groups is 1. The van der Waals surface area contributed by atoms with Gasteiger partial charge in [0.1, 0.15) is 24.2 Å². The van der Waals surface area contributed by atoms with Gasteiger partial charge >= 0.3 is 29.6 Å². The van der Waals surface area contributed by atoms with E-state index in [-0.39, 0.29) is 57.5 Å². The average Bonchev–Trinajstić information content (AvgIpc) is 3.58. The van der Waals surface area contributed by atoms with Crippen LogP contribution in [0, 0.1) is 0 Å². The molecule has 41 heavy (non-hydrogen) atoms. The second-order valence-electron chi connectivity index (χ2n) is 8.53. The van der Waals surface area contributed by atoms with Crippen LogP contribution in [0.25, 0.3) is 16.4 Å². The van der Waals surface area contributed by atoms with Crippen molar-refractivity contribution >= 4 is 79.9 Å². The topological polar surface area (TPSA) is 193 Å². The van der Waals surface area contributed by atoms with Gasteiger partial charge in [-0.25, -0.2) is 4.98 Å². The van der Waals surface area contributed by atoms with E-state index < -0.39 is 29.2 Å². The van der Waals surface area contributed by atoms with E-state index in [0.717, 1.165) is 27.0 Å². The number of nitrogen functional groups attached to an aromatic ring is 1. The van der Waals surface area contributed by atoms with Crippen LogP contribution in [0.3, 0.4) is 0 Å². The number of amides is 2. The Bertz CT molecular complexity index is 1760. The normalized spacial score (nSPS) is 18.6. The zero-order valence-corrected chi connectivity index (χ0v) is 26.0. The number of hydrogen-bond donors (Lipinski definition) is 2. The summed E-state index contributed by atoms with van der Waals surface area (Å²) in [6, 6.07) is 6.68. The van der Waals surface area contributed by atoms with Crippen LogP contribution in [0.15, 0.2) is 57.4 Å². The number of hydrogen-bond acceptors (Lipinski definition) is 14. The fourth-order valence-corrected chi connectivity index (χ4v) is 7.32. The van der Waals surface area contributed by atoms with Crippen molar-refractivity contribution in [3.8, 4) is 0 Å². The SMILES string of the molecule is CO/N=C(\C(=O)N[C@@H]1C(=O)N2C(C(=O)[O-])=C(CSc3nnc4c5ccccc5cnn34)CS[C@@H]12)c1csc(N)n1.[Na+]. The molecule has 1 fully saturated rings. The molecule has 2 amide bonds. The average molecular weight is 620 g/mol. The number of thiazole rings is 1. The van der Waals surface area contributed by atoms with Crippen molar-refractivity contribution in [3.63, 3.8) is 0 Å². The summed E-state index contributed by atoms with van der Waals surface area (Å²) < 4.78 is 1.60. The number of aromatic nitrogens is 5. The van der Waals surface area contributed by atoms with E-state index in [9.17, 15) is 19.5 Å². The number of fused-ring (bicyclic) bond motifs is 4. The maximum atomic E-state index is 13.1. The van der Waals surface area contributed by atoms with Crippen molar-refractivity contribution in [1.29, 1.82) is 0 Å². The number of benzene rings is 1. The molecular weight excluding hydrogens is 602 g/mol. The van der Waals surface area contributed by atoms with E-state index in [0.29, 0.717) is 22.1 Å². The first-order valence-corrected chi connectivity index (χ1v) is 14.5. The van der Waals surface area contributed by atoms with Crippen LogP contribution in [0.4, 0.5) is 5.13 Å². The minimum absolute atomic E-state index is 0. The van der Waals surface area contributed by atoms with E-state index in [1.807, 2.05) is 24.3 Å². The molecule has 14 nitrogen and oxygen atoms in total. The van der Waals surface area contributed by atoms with Crippen LogP contribution >= 0.6 is 34.9 Å². The minimum Gasteiger partial charge on any atom is -0.543 e. The van der Waals surface area contributed by atoms with Crippen LogP contribution in [0.2, 0.25) is 0 Å². The molecule has 0 spiro atoms. The van der Waals surface area contributed by atoms with E-state index in [1.54, 1.807) is 10.7 Å². The van der Waals surface area contributed by atoms with Gasteiger partial charge in [-0.2, -0.15) is 9.61 Å². The van der Waals surface area contributed by atoms with Gasteiger partial charge in [-0.05, 0) is 5.57 Å². The number of carboxylic acids is 1. The predicted octanol–water partition coefficient (Wildman–Crippen LogP) is -3.13. The number of anilines is 1. The molecule has 0 aliphatic carbocycles. The molecule has 3 aromatic heterocycles. The number of rotatable bonds is 8. The smallest absolute Gasteiger partial charge is 0.543 e. The standard InChI is InChI=1S/C23H19N9O5S3.Na/c1-37-30-14(13-9-39-22(24)26-13)18(33)27-15-19(34)31-16(21(35)36)11(7-38-20(15)31)8-40-23-29-28-17-12-5-3-2-4-10(12)6-25-32(17)23;/h2-6,9,15,20H,7-8H2,1H3,(H2,24,26)(H,27,33)(H,35,36);/q;+1/p-1/b30-14-;/t15-,20+;/m1./s1. The molecule has 204 valence electrons. The summed E-state index contributed by atoms with van der Waals surface area (Å²) in [6.45, 7) is 0. The molecular formula is C23H18N9NaO5S3. The number of nitrogens with two attached hydrogens (primary N) is 1. The quantitative estimate of drug-likeness (QED) is 0.0663. The van der Waals surface area contributed by atoms with Crippen LogP contribution in [-0.2, 0) is 19.2 Å². The fourth-order valence-electron chi connectivity index (χ4n) is 4.40. The summed E-state index contributed by atoms with van der Waals surface area (Å²) in [5, 5.41) is 34.8. The molecule has 5 heterocycles. The van der Waals surface area contributed by atoms with Crippen LogP contribution in [0.5, 0.6) is 0 Å². The molecule has 0 bridgehead atoms. The molecule has 0 radical (unpaired) electrons. The molecule has 2 aliphatic rings. The summed E-state index contributed by atoms with van der Waals surface area (Å²) >= 11 is 3.70. The molecule has 18 heteroatoms. The molecule has 6 rings (SSSR count). The Morgan fingerprint density at radius 1 is 1.32 bits per heavy atom. The third-order valence-corrected chi connectivity index (χ3v) is 9.21. The van der Waals surface area contributed by atoms with Crippen molar-refractivity contribution in [1.82, 2.24) is 35.0 Å². The van der Waals surface area contributed by atoms with Crippen LogP contribution in [0.1, 0.15) is 5.69 Å². The van der Waals surface area contributed by atoms with E-state index in [2.05, 4.69) is 30.8 Å². The van der Waals surface area contributed by atoms with Gasteiger partial charge in [-0.1, -0.05) is 41.2 Å². The van der Waals surface area contributed by atoms with E-state index >= 15 is 0 Å². The Hall–Kier alpha value is -3.22. The summed E-state index contributed by atoms with van der Waals surface area (Å²) in [4.78, 5) is 48.1. The molecule has 3 N–H and O–H groups in total. The first kappa shape index (κ1) is 29.3. The van der Waals surface area contributed by atoms with Gasteiger partial charge < -0.3 is 25.8 Å². The van der Waals surface area contributed by atoms with Gasteiger partial charge in [0.15, 0.2) is 16.5 Å². The Morgan fingerprint density at radius 2 is 2.12 bits per heavy atom. The number of carbonyl (C=O) groups is 3. The van der Waals surface area contributed by atoms with Gasteiger partial charge in [0.25, 0.3) is 11.8 Å². The first-order chi connectivity index (χ1) is 19.4. The molecule has 1 saturated heterocycles. The molecule has 2 aliphatic heterocycles. The van der Waals surface area contributed by atoms with Gasteiger partial charge in [0.05, 0.1) is 17.9 Å². The second-order valence-corrected chi connectivity index (χ2v) is 11.5. The predicted molar refractivity (Wildman–Crippen MR) is 146 cm³/mol. The third-order valence-electron chi connectivity index (χ3n) is 6.19. The number of β-lactam (4-membered cyclic amide) rings is 1. The Balaban J connectivity index is 0.00000337. The van der Waals surface area contributed by atoms with Crippen molar-refractivity contribution < 1.29 is 53.9 Å². The van der Waals surface area contributed by atoms with Crippen LogP contribution in [-0.4, -0.2) is 83.2 Å². The van der Waals surface area contributed by atoms with E-state index in [4.69, 9.17) is 10.6 Å². The minimum atomic E-state index is -1.48. The molecule has 0 saturated carbocycles. The Morgan fingerprint density at radius 3 is 2.85 bits per heavy atom. The Kier molecular flexibility index (Phi) is 8.53. The maximum absolute atomic E-state index is 13.1. The third kappa shape index (κ3) is 5.28. The molecule has 4 aromatic rings. The second kappa shape index (κ2) is 11.9. The van der Waals surface area contributed by atoms with Crippen molar-refractivity contribution in [3.05, 3.63) is 52.8 Å². The summed E-state index contributed by atoms with van der Waals surface area (Å²) in [7, 11) is 1.27. The first-order valence-electron chi connectivity index (χ1n) is 11.6. The van der Waals surface area contributed by atoms with Gasteiger partial charge in [0.2, 0.25) is 5.16 Å². The summed E-state index contributed by atoms with van der Waals surface area (Å²) in [5.41, 5.74) is 6.56. The Labute approximate surface area is 266 Å². The van der Waals surface area contributed by atoms with Gasteiger partial charge in [-0.3, -0.25) is 14.5 Å². The number of carboxylic acid groups (broad SMARTS) is 1. The number of nitrogens with one attached hydrogen (secondary N) is 1. The zero-order valence-electron chi connectivity index (χ0n) is 21.5. The zero-order chi connectivity index (χ0) is 28.0. The fraction of sp³-hybridized carbons (Fsp3) is 0.217. The molecule has 1 aromatic carbocycles.